The molecule has 1 aromatic carbocycles. The van der Waals surface area contributed by atoms with Gasteiger partial charge >= 0.3 is 0 Å². The zero-order valence-electron chi connectivity index (χ0n) is 15.8. The Hall–Kier alpha value is -1.84. The maximum atomic E-state index is 13.8. The minimum atomic E-state index is -0.340. The molecular formula is C22H28FNO2. The average molecular weight is 357 g/mol. The number of carbonyl (C=O) groups excluding carboxylic acids is 1. The van der Waals surface area contributed by atoms with Crippen LogP contribution in [0.5, 0.6) is 5.75 Å². The zero-order chi connectivity index (χ0) is 18.5. The fourth-order valence-corrected chi connectivity index (χ4v) is 5.32. The highest BCUT2D eigenvalue weighted by Gasteiger charge is 2.61. The second-order valence-electron chi connectivity index (χ2n) is 8.76. The second kappa shape index (κ2) is 6.11. The first-order valence-electron chi connectivity index (χ1n) is 9.75. The van der Waals surface area contributed by atoms with E-state index in [0.29, 0.717) is 24.8 Å². The fraction of sp³-hybridized carbons (Fsp3) is 0.591. The Morgan fingerprint density at radius 1 is 1.23 bits per heavy atom. The Morgan fingerprint density at radius 2 is 1.92 bits per heavy atom. The van der Waals surface area contributed by atoms with Crippen LogP contribution in [0.3, 0.4) is 0 Å². The Balaban J connectivity index is 1.40. The summed E-state index contributed by atoms with van der Waals surface area (Å²) in [5.74, 6) is 0.826. The molecule has 2 saturated carbocycles. The number of hydrogen-bond acceptors (Lipinski definition) is 2. The molecule has 1 heterocycles. The lowest BCUT2D eigenvalue weighted by atomic mass is 9.68. The van der Waals surface area contributed by atoms with Crippen molar-refractivity contribution in [1.82, 2.24) is 4.90 Å². The monoisotopic (exact) mass is 357 g/mol. The summed E-state index contributed by atoms with van der Waals surface area (Å²) < 4.78 is 19.6. The first-order chi connectivity index (χ1) is 12.3. The molecule has 2 bridgehead atoms. The molecule has 4 heteroatoms. The van der Waals surface area contributed by atoms with Crippen LogP contribution in [0.15, 0.2) is 36.4 Å². The summed E-state index contributed by atoms with van der Waals surface area (Å²) in [7, 11) is 0. The second-order valence-corrected chi connectivity index (χ2v) is 8.76. The van der Waals surface area contributed by atoms with Gasteiger partial charge in [-0.15, -0.1) is 0 Å². The Labute approximate surface area is 155 Å². The molecule has 0 N–H and O–H groups in total. The summed E-state index contributed by atoms with van der Waals surface area (Å²) in [6.07, 6.45) is 4.50. The van der Waals surface area contributed by atoms with Crippen molar-refractivity contribution in [2.75, 3.05) is 13.1 Å². The van der Waals surface area contributed by atoms with Gasteiger partial charge in [0.2, 0.25) is 5.91 Å². The molecule has 26 heavy (non-hydrogen) atoms. The van der Waals surface area contributed by atoms with Crippen LogP contribution in [-0.4, -0.2) is 30.0 Å². The van der Waals surface area contributed by atoms with Gasteiger partial charge in [-0.25, -0.2) is 4.39 Å². The molecule has 1 aliphatic heterocycles. The van der Waals surface area contributed by atoms with E-state index in [1.807, 2.05) is 4.90 Å². The first kappa shape index (κ1) is 17.6. The number of fused-ring (bicyclic) bond motifs is 2. The van der Waals surface area contributed by atoms with E-state index in [1.54, 1.807) is 18.2 Å². The van der Waals surface area contributed by atoms with Crippen LogP contribution in [0, 0.1) is 22.6 Å². The molecule has 1 aromatic rings. The number of hydrogen-bond donors (Lipinski definition) is 0. The standard InChI is InChI=1S/C22H28FNO2/c1-15-21(2,3)16-8-11-22(15,14-16)20(25)24-12-9-17(10-13-24)26-19-7-5-4-6-18(19)23/h4-7,16-17H,1,8-14H2,2-3H3/t16-,22-/m0/s1. The number of benzene rings is 1. The van der Waals surface area contributed by atoms with Crippen LogP contribution in [-0.2, 0) is 4.79 Å². The minimum absolute atomic E-state index is 0.0343. The molecule has 140 valence electrons. The summed E-state index contributed by atoms with van der Waals surface area (Å²) in [6, 6.07) is 6.51. The number of nitrogens with zero attached hydrogens (tertiary/aromatic N) is 1. The molecule has 0 unspecified atom stereocenters. The third kappa shape index (κ3) is 2.57. The molecule has 0 radical (unpaired) electrons. The molecule has 3 fully saturated rings. The predicted molar refractivity (Wildman–Crippen MR) is 99.3 cm³/mol. The highest BCUT2D eigenvalue weighted by atomic mass is 19.1. The summed E-state index contributed by atoms with van der Waals surface area (Å²) in [4.78, 5) is 15.4. The molecule has 1 amide bonds. The van der Waals surface area contributed by atoms with Crippen LogP contribution in [0.4, 0.5) is 4.39 Å². The van der Waals surface area contributed by atoms with Gasteiger partial charge in [0.1, 0.15) is 6.10 Å². The summed E-state index contributed by atoms with van der Waals surface area (Å²) in [5.41, 5.74) is 0.865. The van der Waals surface area contributed by atoms with Crippen molar-refractivity contribution in [2.45, 2.75) is 52.1 Å². The van der Waals surface area contributed by atoms with Crippen molar-refractivity contribution in [1.29, 1.82) is 0 Å². The van der Waals surface area contributed by atoms with Crippen molar-refractivity contribution in [3.63, 3.8) is 0 Å². The number of amides is 1. The number of halogens is 1. The van der Waals surface area contributed by atoms with Crippen molar-refractivity contribution < 1.29 is 13.9 Å². The molecule has 1 saturated heterocycles. The minimum Gasteiger partial charge on any atom is -0.487 e. The van der Waals surface area contributed by atoms with Gasteiger partial charge in [-0.05, 0) is 42.7 Å². The van der Waals surface area contributed by atoms with Crippen molar-refractivity contribution in [2.24, 2.45) is 16.7 Å². The Kier molecular flexibility index (Phi) is 4.13. The smallest absolute Gasteiger partial charge is 0.232 e. The van der Waals surface area contributed by atoms with Crippen LogP contribution < -0.4 is 4.74 Å². The number of carbonyl (C=O) groups is 1. The van der Waals surface area contributed by atoms with Crippen molar-refractivity contribution >= 4 is 5.91 Å². The number of rotatable bonds is 3. The zero-order valence-corrected chi connectivity index (χ0v) is 15.8. The number of piperidine rings is 1. The van der Waals surface area contributed by atoms with Gasteiger partial charge in [-0.3, -0.25) is 4.79 Å². The molecule has 2 atom stereocenters. The fourth-order valence-electron chi connectivity index (χ4n) is 5.32. The van der Waals surface area contributed by atoms with Crippen LogP contribution >= 0.6 is 0 Å². The molecule has 0 spiro atoms. The number of likely N-dealkylation sites (tertiary alicyclic amines) is 1. The Morgan fingerprint density at radius 3 is 2.54 bits per heavy atom. The summed E-state index contributed by atoms with van der Waals surface area (Å²) in [5, 5.41) is 0. The van der Waals surface area contributed by atoms with E-state index in [2.05, 4.69) is 20.4 Å². The summed E-state index contributed by atoms with van der Waals surface area (Å²) in [6.45, 7) is 10.2. The molecule has 2 aliphatic carbocycles. The Bertz CT molecular complexity index is 735. The predicted octanol–water partition coefficient (Wildman–Crippen LogP) is 4.58. The normalized spacial score (nSPS) is 30.7. The molecule has 3 aliphatic rings. The maximum Gasteiger partial charge on any atom is 0.232 e. The van der Waals surface area contributed by atoms with Gasteiger partial charge < -0.3 is 9.64 Å². The third-order valence-corrected chi connectivity index (χ3v) is 7.16. The van der Waals surface area contributed by atoms with Gasteiger partial charge in [-0.1, -0.05) is 38.1 Å². The van der Waals surface area contributed by atoms with E-state index in [1.165, 1.54) is 6.07 Å². The van der Waals surface area contributed by atoms with E-state index in [0.717, 1.165) is 37.7 Å². The highest BCUT2D eigenvalue weighted by molar-refractivity contribution is 5.87. The van der Waals surface area contributed by atoms with Crippen molar-refractivity contribution in [3.8, 4) is 5.75 Å². The van der Waals surface area contributed by atoms with Gasteiger partial charge in [0.25, 0.3) is 0 Å². The quantitative estimate of drug-likeness (QED) is 0.741. The summed E-state index contributed by atoms with van der Waals surface area (Å²) >= 11 is 0. The highest BCUT2D eigenvalue weighted by Crippen LogP contribution is 2.66. The van der Waals surface area contributed by atoms with Gasteiger partial charge in [0.05, 0.1) is 5.41 Å². The van der Waals surface area contributed by atoms with Gasteiger partial charge in [0, 0.05) is 25.9 Å². The lowest BCUT2D eigenvalue weighted by Gasteiger charge is -2.41. The third-order valence-electron chi connectivity index (χ3n) is 7.16. The van der Waals surface area contributed by atoms with Crippen LogP contribution in [0.2, 0.25) is 0 Å². The van der Waals surface area contributed by atoms with E-state index in [-0.39, 0.29) is 28.7 Å². The lowest BCUT2D eigenvalue weighted by Crippen LogP contribution is -2.49. The molecule has 3 nitrogen and oxygen atoms in total. The molecular weight excluding hydrogens is 329 g/mol. The maximum absolute atomic E-state index is 13.8. The van der Waals surface area contributed by atoms with Gasteiger partial charge in [-0.2, -0.15) is 0 Å². The SMILES string of the molecule is C=C1C(C)(C)[C@H]2CC[C@]1(C(=O)N1CCC(Oc3ccccc3F)CC1)C2. The van der Waals surface area contributed by atoms with E-state index in [4.69, 9.17) is 4.74 Å². The number of para-hydroxylation sites is 1. The van der Waals surface area contributed by atoms with Crippen molar-refractivity contribution in [3.05, 3.63) is 42.2 Å². The first-order valence-corrected chi connectivity index (χ1v) is 9.75. The average Bonchev–Trinajstić information content (AvgIpc) is 3.16. The lowest BCUT2D eigenvalue weighted by molar-refractivity contribution is -0.141. The topological polar surface area (TPSA) is 29.5 Å². The van der Waals surface area contributed by atoms with E-state index >= 15 is 0 Å². The molecule has 0 aromatic heterocycles. The van der Waals surface area contributed by atoms with Crippen LogP contribution in [0.1, 0.15) is 46.0 Å². The number of ether oxygens (including phenoxy) is 1. The molecule has 4 rings (SSSR count). The van der Waals surface area contributed by atoms with Gasteiger partial charge in [0.15, 0.2) is 11.6 Å². The van der Waals surface area contributed by atoms with Crippen LogP contribution in [0.25, 0.3) is 0 Å². The largest absolute Gasteiger partial charge is 0.487 e. The van der Waals surface area contributed by atoms with E-state index < -0.39 is 0 Å². The van der Waals surface area contributed by atoms with E-state index in [9.17, 15) is 9.18 Å².